The van der Waals surface area contributed by atoms with Gasteiger partial charge in [-0.25, -0.2) is 9.59 Å². The molecule has 2 rings (SSSR count). The number of rotatable bonds is 7. The Balaban J connectivity index is 2.07. The minimum Gasteiger partial charge on any atom is -0.463 e. The van der Waals surface area contributed by atoms with Crippen molar-refractivity contribution in [1.82, 2.24) is 4.57 Å². The maximum Gasteiger partial charge on any atom is 0.331 e. The molecule has 7 heteroatoms. The number of esters is 2. The first kappa shape index (κ1) is 20.6. The van der Waals surface area contributed by atoms with Crippen molar-refractivity contribution < 1.29 is 23.9 Å². The van der Waals surface area contributed by atoms with E-state index in [0.717, 1.165) is 33.7 Å². The number of carbonyl (C=O) groups excluding carboxylic acids is 3. The highest BCUT2D eigenvalue weighted by atomic mass is 79.9. The summed E-state index contributed by atoms with van der Waals surface area (Å²) in [7, 11) is 0. The highest BCUT2D eigenvalue weighted by Gasteiger charge is 2.17. The van der Waals surface area contributed by atoms with Crippen LogP contribution in [0.15, 0.2) is 47.0 Å². The van der Waals surface area contributed by atoms with Gasteiger partial charge in [0.1, 0.15) is 0 Å². The molecule has 6 nitrogen and oxygen atoms in total. The molecule has 1 aromatic carbocycles. The maximum absolute atomic E-state index is 12.4. The number of ether oxygens (including phenoxy) is 2. The Hall–Kier alpha value is -2.67. The zero-order valence-corrected chi connectivity index (χ0v) is 16.9. The van der Waals surface area contributed by atoms with Gasteiger partial charge in [0.15, 0.2) is 6.61 Å². The number of halogens is 1. The zero-order chi connectivity index (χ0) is 20.0. The van der Waals surface area contributed by atoms with Crippen LogP contribution < -0.4 is 0 Å². The molecule has 0 saturated heterocycles. The van der Waals surface area contributed by atoms with Gasteiger partial charge in [-0.05, 0) is 51.1 Å². The normalized spacial score (nSPS) is 10.8. The average molecular weight is 434 g/mol. The number of hydrogen-bond acceptors (Lipinski definition) is 5. The molecule has 0 amide bonds. The Bertz CT molecular complexity index is 881. The molecule has 2 aromatic rings. The van der Waals surface area contributed by atoms with Crippen LogP contribution in [-0.2, 0) is 19.1 Å². The summed E-state index contributed by atoms with van der Waals surface area (Å²) >= 11 is 3.40. The zero-order valence-electron chi connectivity index (χ0n) is 15.3. The van der Waals surface area contributed by atoms with Crippen LogP contribution in [-0.4, -0.2) is 35.5 Å². The molecule has 0 spiro atoms. The fraction of sp³-hybridized carbons (Fsp3) is 0.250. The second-order valence-electron chi connectivity index (χ2n) is 5.71. The summed E-state index contributed by atoms with van der Waals surface area (Å²) in [5.74, 6) is -1.73. The second-order valence-corrected chi connectivity index (χ2v) is 6.63. The molecule has 1 heterocycles. The number of aromatic nitrogens is 1. The molecule has 1 aromatic heterocycles. The molecule has 0 N–H and O–H groups in total. The van der Waals surface area contributed by atoms with E-state index in [-0.39, 0.29) is 12.4 Å². The minimum atomic E-state index is -0.780. The van der Waals surface area contributed by atoms with Crippen LogP contribution in [0, 0.1) is 13.8 Å². The third kappa shape index (κ3) is 5.40. The number of aryl methyl sites for hydroxylation is 1. The number of benzene rings is 1. The van der Waals surface area contributed by atoms with E-state index < -0.39 is 18.5 Å². The summed E-state index contributed by atoms with van der Waals surface area (Å²) in [5.41, 5.74) is 3.07. The molecule has 27 heavy (non-hydrogen) atoms. The Labute approximate surface area is 165 Å². The van der Waals surface area contributed by atoms with Crippen molar-refractivity contribution >= 4 is 33.7 Å². The molecular formula is C20H20BrNO5. The lowest BCUT2D eigenvalue weighted by molar-refractivity contribution is -0.139. The van der Waals surface area contributed by atoms with E-state index in [1.54, 1.807) is 13.0 Å². The average Bonchev–Trinajstić information content (AvgIpc) is 2.93. The number of ketones is 1. The van der Waals surface area contributed by atoms with E-state index in [2.05, 4.69) is 20.7 Å². The summed E-state index contributed by atoms with van der Waals surface area (Å²) in [6.07, 6.45) is 1.91. The Morgan fingerprint density at radius 2 is 1.63 bits per heavy atom. The van der Waals surface area contributed by atoms with Crippen molar-refractivity contribution in [3.05, 3.63) is 63.9 Å². The molecule has 0 aliphatic carbocycles. The number of carbonyl (C=O) groups is 3. The first-order chi connectivity index (χ1) is 12.8. The topological polar surface area (TPSA) is 74.6 Å². The minimum absolute atomic E-state index is 0.213. The molecule has 0 radical (unpaired) electrons. The van der Waals surface area contributed by atoms with Crippen LogP contribution >= 0.6 is 15.9 Å². The van der Waals surface area contributed by atoms with E-state index in [1.807, 2.05) is 42.7 Å². The predicted molar refractivity (Wildman–Crippen MR) is 104 cm³/mol. The van der Waals surface area contributed by atoms with Crippen LogP contribution in [0.2, 0.25) is 0 Å². The Kier molecular flexibility index (Phi) is 7.12. The third-order valence-corrected chi connectivity index (χ3v) is 4.33. The van der Waals surface area contributed by atoms with E-state index >= 15 is 0 Å². The van der Waals surface area contributed by atoms with Gasteiger partial charge in [-0.15, -0.1) is 0 Å². The van der Waals surface area contributed by atoms with Crippen LogP contribution in [0.3, 0.4) is 0 Å². The van der Waals surface area contributed by atoms with Crippen molar-refractivity contribution in [2.24, 2.45) is 0 Å². The van der Waals surface area contributed by atoms with Gasteiger partial charge < -0.3 is 14.0 Å². The fourth-order valence-corrected chi connectivity index (χ4v) is 2.89. The van der Waals surface area contributed by atoms with Crippen LogP contribution in [0.25, 0.3) is 5.69 Å². The molecular weight excluding hydrogens is 414 g/mol. The van der Waals surface area contributed by atoms with Gasteiger partial charge >= 0.3 is 11.9 Å². The molecule has 0 aliphatic rings. The predicted octanol–water partition coefficient (Wildman–Crippen LogP) is 3.70. The SMILES string of the molecule is CCOC(=O)C=CC(=O)OCC(=O)c1cc(C)n(-c2ccc(Br)cc2)c1C. The molecule has 0 bridgehead atoms. The summed E-state index contributed by atoms with van der Waals surface area (Å²) in [6, 6.07) is 9.50. The molecule has 0 aliphatic heterocycles. The Morgan fingerprint density at radius 1 is 1.04 bits per heavy atom. The summed E-state index contributed by atoms with van der Waals surface area (Å²) in [5, 5.41) is 0. The monoisotopic (exact) mass is 433 g/mol. The number of hydrogen-bond donors (Lipinski definition) is 0. The van der Waals surface area contributed by atoms with E-state index in [9.17, 15) is 14.4 Å². The maximum atomic E-state index is 12.4. The van der Waals surface area contributed by atoms with Gasteiger partial charge in [0.2, 0.25) is 5.78 Å². The van der Waals surface area contributed by atoms with Crippen molar-refractivity contribution in [2.45, 2.75) is 20.8 Å². The van der Waals surface area contributed by atoms with Crippen LogP contribution in [0.4, 0.5) is 0 Å². The van der Waals surface area contributed by atoms with Gasteiger partial charge in [-0.2, -0.15) is 0 Å². The number of Topliss-reactive ketones (excluding diaryl/α,β-unsaturated/α-hetero) is 1. The van der Waals surface area contributed by atoms with Gasteiger partial charge in [-0.1, -0.05) is 15.9 Å². The first-order valence-corrected chi connectivity index (χ1v) is 9.12. The fourth-order valence-electron chi connectivity index (χ4n) is 2.62. The lowest BCUT2D eigenvalue weighted by Gasteiger charge is -2.10. The van der Waals surface area contributed by atoms with Crippen molar-refractivity contribution in [1.29, 1.82) is 0 Å². The quantitative estimate of drug-likeness (QED) is 0.378. The highest BCUT2D eigenvalue weighted by Crippen LogP contribution is 2.22. The van der Waals surface area contributed by atoms with Gasteiger partial charge in [0, 0.05) is 39.3 Å². The third-order valence-electron chi connectivity index (χ3n) is 3.80. The van der Waals surface area contributed by atoms with Gasteiger partial charge in [-0.3, -0.25) is 4.79 Å². The highest BCUT2D eigenvalue weighted by molar-refractivity contribution is 9.10. The van der Waals surface area contributed by atoms with E-state index in [0.29, 0.717) is 5.56 Å². The lowest BCUT2D eigenvalue weighted by Crippen LogP contribution is -2.14. The summed E-state index contributed by atoms with van der Waals surface area (Å²) in [4.78, 5) is 35.2. The van der Waals surface area contributed by atoms with Gasteiger partial charge in [0.25, 0.3) is 0 Å². The van der Waals surface area contributed by atoms with Crippen molar-refractivity contribution in [3.8, 4) is 5.69 Å². The summed E-state index contributed by atoms with van der Waals surface area (Å²) < 4.78 is 12.5. The first-order valence-electron chi connectivity index (χ1n) is 8.33. The van der Waals surface area contributed by atoms with Crippen molar-refractivity contribution in [2.75, 3.05) is 13.2 Å². The van der Waals surface area contributed by atoms with Crippen molar-refractivity contribution in [3.63, 3.8) is 0 Å². The smallest absolute Gasteiger partial charge is 0.331 e. The molecule has 0 atom stereocenters. The Morgan fingerprint density at radius 3 is 2.22 bits per heavy atom. The van der Waals surface area contributed by atoms with E-state index in [4.69, 9.17) is 4.74 Å². The van der Waals surface area contributed by atoms with Crippen LogP contribution in [0.5, 0.6) is 0 Å². The molecule has 0 saturated carbocycles. The largest absolute Gasteiger partial charge is 0.463 e. The van der Waals surface area contributed by atoms with Crippen LogP contribution in [0.1, 0.15) is 28.7 Å². The lowest BCUT2D eigenvalue weighted by atomic mass is 10.1. The number of nitrogens with zero attached hydrogens (tertiary/aromatic N) is 1. The second kappa shape index (κ2) is 9.32. The van der Waals surface area contributed by atoms with E-state index in [1.165, 1.54) is 0 Å². The molecule has 142 valence electrons. The standard InChI is InChI=1S/C20H20BrNO5/c1-4-26-19(24)9-10-20(25)27-12-18(23)17-11-13(2)22(14(17)3)16-7-5-15(21)6-8-16/h5-11H,4,12H2,1-3H3. The summed E-state index contributed by atoms with van der Waals surface area (Å²) in [6.45, 7) is 5.21. The van der Waals surface area contributed by atoms with Gasteiger partial charge in [0.05, 0.1) is 6.61 Å². The molecule has 0 unspecified atom stereocenters. The molecule has 0 fully saturated rings.